The number of carbonyl (C=O) groups excluding carboxylic acids is 1. The lowest BCUT2D eigenvalue weighted by Gasteiger charge is -2.36. The summed E-state index contributed by atoms with van der Waals surface area (Å²) in [6.45, 7) is 22.1. The average Bonchev–Trinajstić information content (AvgIpc) is 2.99. The molecule has 0 N–H and O–H groups in total. The van der Waals surface area contributed by atoms with Gasteiger partial charge in [-0.25, -0.2) is 4.79 Å². The van der Waals surface area contributed by atoms with Gasteiger partial charge in [0.05, 0.1) is 59.5 Å². The number of hydrogen-bond acceptors (Lipinski definition) is 8. The third-order valence-electron chi connectivity index (χ3n) is 7.41. The van der Waals surface area contributed by atoms with E-state index >= 15 is 0 Å². The number of rotatable bonds is 20. The predicted molar refractivity (Wildman–Crippen MR) is 188 cm³/mol. The Balaban J connectivity index is 1.49. The summed E-state index contributed by atoms with van der Waals surface area (Å²) in [5.41, 5.74) is 2.32. The van der Waals surface area contributed by atoms with Gasteiger partial charge >= 0.3 is 6.09 Å². The third-order valence-corrected chi connectivity index (χ3v) is 11.9. The van der Waals surface area contributed by atoms with Crippen LogP contribution in [0.15, 0.2) is 48.5 Å². The summed E-state index contributed by atoms with van der Waals surface area (Å²) in [5, 5.41) is 0.213. The van der Waals surface area contributed by atoms with Gasteiger partial charge in [-0.3, -0.25) is 4.90 Å². The fourth-order valence-corrected chi connectivity index (χ4v) is 4.69. The van der Waals surface area contributed by atoms with Crippen molar-refractivity contribution in [2.24, 2.45) is 0 Å². The first kappa shape index (κ1) is 39.4. The van der Waals surface area contributed by atoms with Crippen LogP contribution < -0.4 is 9.64 Å². The largest absolute Gasteiger partial charge is 0.491 e. The van der Waals surface area contributed by atoms with Crippen molar-refractivity contribution in [3.05, 3.63) is 59.7 Å². The zero-order chi connectivity index (χ0) is 34.1. The fraction of sp³-hybridized carbons (Fsp3) is 0.583. The van der Waals surface area contributed by atoms with Crippen LogP contribution in [0, 0.1) is 0 Å². The number of anilines is 1. The highest BCUT2D eigenvalue weighted by atomic mass is 28.4. The van der Waals surface area contributed by atoms with Crippen molar-refractivity contribution in [3.63, 3.8) is 0 Å². The molecule has 258 valence electrons. The molecule has 0 aromatic heterocycles. The van der Waals surface area contributed by atoms with E-state index in [1.54, 1.807) is 7.05 Å². The number of nitrogens with zero attached hydrogens (tertiary/aromatic N) is 1. The molecule has 0 atom stereocenters. The summed E-state index contributed by atoms with van der Waals surface area (Å²) in [7, 11) is -0.00165. The Morgan fingerprint density at radius 1 is 0.652 bits per heavy atom. The molecule has 0 radical (unpaired) electrons. The molecular weight excluding hydrogens is 602 g/mol. The molecule has 2 aromatic carbocycles. The Morgan fingerprint density at radius 3 is 1.50 bits per heavy atom. The highest BCUT2D eigenvalue weighted by molar-refractivity contribution is 6.74. The van der Waals surface area contributed by atoms with Gasteiger partial charge in [0.1, 0.15) is 18.0 Å². The van der Waals surface area contributed by atoms with Crippen LogP contribution in [-0.4, -0.2) is 93.1 Å². The molecule has 0 saturated heterocycles. The standard InChI is InChI=1S/C36H57NO8Si/c1-35(2,3)45-34(38)37(7)32-16-12-30(13-17-32)10-11-31-14-18-33(19-15-31)43-28-26-41-24-22-39-20-21-40-23-25-42-27-29-44-46(8,9)36(4,5)6/h10-19H,20-29H2,1-9H3. The number of hydrogen-bond donors (Lipinski definition) is 0. The molecule has 10 heteroatoms. The first-order valence-corrected chi connectivity index (χ1v) is 19.0. The van der Waals surface area contributed by atoms with Crippen molar-refractivity contribution >= 4 is 32.3 Å². The third kappa shape index (κ3) is 16.2. The van der Waals surface area contributed by atoms with Gasteiger partial charge in [-0.15, -0.1) is 0 Å². The summed E-state index contributed by atoms with van der Waals surface area (Å²) < 4.78 is 39.6. The maximum absolute atomic E-state index is 12.3. The molecule has 0 aliphatic heterocycles. The van der Waals surface area contributed by atoms with Gasteiger partial charge in [-0.1, -0.05) is 57.2 Å². The Labute approximate surface area is 278 Å². The molecule has 0 bridgehead atoms. The molecule has 0 unspecified atom stereocenters. The van der Waals surface area contributed by atoms with Gasteiger partial charge in [0.25, 0.3) is 0 Å². The zero-order valence-corrected chi connectivity index (χ0v) is 30.6. The van der Waals surface area contributed by atoms with E-state index in [0.29, 0.717) is 66.1 Å². The minimum Gasteiger partial charge on any atom is -0.491 e. The van der Waals surface area contributed by atoms with E-state index in [4.69, 9.17) is 32.8 Å². The van der Waals surface area contributed by atoms with Crippen LogP contribution in [0.1, 0.15) is 52.7 Å². The number of ether oxygens (including phenoxy) is 6. The number of amides is 1. The van der Waals surface area contributed by atoms with Crippen LogP contribution in [0.5, 0.6) is 5.75 Å². The molecule has 9 nitrogen and oxygen atoms in total. The van der Waals surface area contributed by atoms with E-state index in [0.717, 1.165) is 22.6 Å². The van der Waals surface area contributed by atoms with Gasteiger partial charge < -0.3 is 32.8 Å². The maximum Gasteiger partial charge on any atom is 0.414 e. The summed E-state index contributed by atoms with van der Waals surface area (Å²) in [6.07, 6.45) is 3.68. The molecule has 0 aliphatic carbocycles. The zero-order valence-electron chi connectivity index (χ0n) is 29.6. The van der Waals surface area contributed by atoms with Crippen LogP contribution in [0.4, 0.5) is 10.5 Å². The highest BCUT2D eigenvalue weighted by Crippen LogP contribution is 2.36. The summed E-state index contributed by atoms with van der Waals surface area (Å²) in [4.78, 5) is 13.8. The van der Waals surface area contributed by atoms with Crippen molar-refractivity contribution in [3.8, 4) is 5.75 Å². The Bertz CT molecular complexity index is 1150. The fourth-order valence-electron chi connectivity index (χ4n) is 3.66. The molecule has 0 spiro atoms. The summed E-state index contributed by atoms with van der Waals surface area (Å²) in [5.74, 6) is 0.788. The molecule has 0 aliphatic rings. The smallest absolute Gasteiger partial charge is 0.414 e. The highest BCUT2D eigenvalue weighted by Gasteiger charge is 2.36. The van der Waals surface area contributed by atoms with Crippen LogP contribution >= 0.6 is 0 Å². The minimum atomic E-state index is -1.70. The van der Waals surface area contributed by atoms with Crippen LogP contribution in [0.25, 0.3) is 12.2 Å². The Morgan fingerprint density at radius 2 is 1.07 bits per heavy atom. The molecule has 46 heavy (non-hydrogen) atoms. The van der Waals surface area contributed by atoms with Gasteiger partial charge in [0, 0.05) is 12.7 Å². The van der Waals surface area contributed by atoms with Crippen LogP contribution in [0.3, 0.4) is 0 Å². The maximum atomic E-state index is 12.3. The molecular formula is C36H57NO8Si. The SMILES string of the molecule is CN(C(=O)OC(C)(C)C)c1ccc(C=Cc2ccc(OCCOCCOCCOCCOCCO[Si](C)(C)C(C)(C)C)cc2)cc1. The van der Waals surface area contributed by atoms with Gasteiger partial charge in [0.2, 0.25) is 0 Å². The molecule has 0 heterocycles. The number of carbonyl (C=O) groups is 1. The van der Waals surface area contributed by atoms with Crippen molar-refractivity contribution in [2.45, 2.75) is 65.3 Å². The van der Waals surface area contributed by atoms with Gasteiger partial charge in [0.15, 0.2) is 8.32 Å². The first-order chi connectivity index (χ1) is 21.7. The van der Waals surface area contributed by atoms with E-state index in [2.05, 4.69) is 33.9 Å². The quantitative estimate of drug-likeness (QED) is 0.0813. The van der Waals surface area contributed by atoms with E-state index < -0.39 is 13.9 Å². The van der Waals surface area contributed by atoms with Crippen LogP contribution in [0.2, 0.25) is 18.1 Å². The predicted octanol–water partition coefficient (Wildman–Crippen LogP) is 7.70. The second-order valence-corrected chi connectivity index (χ2v) is 18.2. The monoisotopic (exact) mass is 659 g/mol. The molecule has 1 amide bonds. The second kappa shape index (κ2) is 19.8. The molecule has 2 rings (SSSR count). The van der Waals surface area contributed by atoms with Gasteiger partial charge in [-0.2, -0.15) is 0 Å². The molecule has 2 aromatic rings. The normalized spacial score (nSPS) is 12.5. The van der Waals surface area contributed by atoms with E-state index in [-0.39, 0.29) is 11.1 Å². The lowest BCUT2D eigenvalue weighted by molar-refractivity contribution is -0.00737. The van der Waals surface area contributed by atoms with Crippen molar-refractivity contribution in [1.29, 1.82) is 0 Å². The van der Waals surface area contributed by atoms with Crippen LogP contribution in [-0.2, 0) is 28.1 Å². The average molecular weight is 660 g/mol. The van der Waals surface area contributed by atoms with E-state index in [1.165, 1.54) is 4.90 Å². The molecule has 0 fully saturated rings. The van der Waals surface area contributed by atoms with Crippen molar-refractivity contribution in [1.82, 2.24) is 0 Å². The Hall–Kier alpha value is -2.73. The summed E-state index contributed by atoms with van der Waals surface area (Å²) in [6, 6.07) is 15.6. The molecule has 0 saturated carbocycles. The topological polar surface area (TPSA) is 84.9 Å². The Kier molecular flexibility index (Phi) is 17.0. The van der Waals surface area contributed by atoms with E-state index in [1.807, 2.05) is 81.5 Å². The number of benzene rings is 2. The van der Waals surface area contributed by atoms with Gasteiger partial charge in [-0.05, 0) is 74.3 Å². The van der Waals surface area contributed by atoms with Crippen molar-refractivity contribution < 1.29 is 37.6 Å². The van der Waals surface area contributed by atoms with Crippen molar-refractivity contribution in [2.75, 3.05) is 78.0 Å². The summed E-state index contributed by atoms with van der Waals surface area (Å²) >= 11 is 0. The second-order valence-electron chi connectivity index (χ2n) is 13.4. The first-order valence-electron chi connectivity index (χ1n) is 16.1. The van der Waals surface area contributed by atoms with E-state index in [9.17, 15) is 4.79 Å². The minimum absolute atomic E-state index is 0.213. The lowest BCUT2D eigenvalue weighted by Crippen LogP contribution is -2.41. The lowest BCUT2D eigenvalue weighted by atomic mass is 10.1.